The molecule has 1 atom stereocenters. The Bertz CT molecular complexity index is 677. The fourth-order valence-corrected chi connectivity index (χ4v) is 2.82. The highest BCUT2D eigenvalue weighted by atomic mass is 16.3. The number of carbonyl (C=O) groups is 2. The van der Waals surface area contributed by atoms with Gasteiger partial charge in [-0.2, -0.15) is 5.10 Å². The number of carbonyl (C=O) groups excluding carboxylic acids is 2. The highest BCUT2D eigenvalue weighted by molar-refractivity contribution is 5.87. The van der Waals surface area contributed by atoms with Gasteiger partial charge in [0, 0.05) is 38.7 Å². The van der Waals surface area contributed by atoms with Crippen LogP contribution in [-0.2, 0) is 16.0 Å². The molecule has 7 heteroatoms. The molecule has 0 radical (unpaired) electrons. The highest BCUT2D eigenvalue weighted by Gasteiger charge is 2.27. The van der Waals surface area contributed by atoms with Crippen molar-refractivity contribution in [3.05, 3.63) is 36.4 Å². The van der Waals surface area contributed by atoms with Crippen molar-refractivity contribution in [1.82, 2.24) is 14.7 Å². The molecule has 1 N–H and O–H groups in total. The molecule has 122 valence electrons. The lowest BCUT2D eigenvalue weighted by atomic mass is 10.2. The summed E-state index contributed by atoms with van der Waals surface area (Å²) in [6.07, 6.45) is 7.20. The first kappa shape index (κ1) is 15.3. The summed E-state index contributed by atoms with van der Waals surface area (Å²) in [5, 5.41) is 7.01. The second-order valence-electron chi connectivity index (χ2n) is 5.78. The van der Waals surface area contributed by atoms with Gasteiger partial charge in [0.05, 0.1) is 18.6 Å². The standard InChI is InChI=1S/C16H20N4O3/c1-12(21)17-15-5-8-20(18-15)14-4-7-19(10-14)16(22)3-2-13-6-9-23-11-13/h5-6,8-9,11,14H,2-4,7,10H2,1H3,(H,17,18,21)/t14-/m0/s1. The van der Waals surface area contributed by atoms with E-state index in [9.17, 15) is 9.59 Å². The fraction of sp³-hybridized carbons (Fsp3) is 0.438. The minimum absolute atomic E-state index is 0.141. The number of furan rings is 1. The van der Waals surface area contributed by atoms with E-state index in [0.717, 1.165) is 18.5 Å². The smallest absolute Gasteiger partial charge is 0.222 e. The van der Waals surface area contributed by atoms with Gasteiger partial charge in [-0.1, -0.05) is 0 Å². The maximum atomic E-state index is 12.3. The lowest BCUT2D eigenvalue weighted by molar-refractivity contribution is -0.130. The van der Waals surface area contributed by atoms with Crippen LogP contribution in [0.4, 0.5) is 5.82 Å². The number of rotatable bonds is 5. The van der Waals surface area contributed by atoms with Gasteiger partial charge in [0.2, 0.25) is 11.8 Å². The Kier molecular flexibility index (Phi) is 4.45. The molecule has 2 aromatic rings. The van der Waals surface area contributed by atoms with Crippen molar-refractivity contribution in [1.29, 1.82) is 0 Å². The Morgan fingerprint density at radius 2 is 2.30 bits per heavy atom. The van der Waals surface area contributed by atoms with E-state index in [1.807, 2.05) is 21.8 Å². The monoisotopic (exact) mass is 316 g/mol. The van der Waals surface area contributed by atoms with Crippen LogP contribution < -0.4 is 5.32 Å². The third kappa shape index (κ3) is 3.80. The minimum Gasteiger partial charge on any atom is -0.472 e. The number of anilines is 1. The summed E-state index contributed by atoms with van der Waals surface area (Å²) < 4.78 is 6.84. The molecule has 0 saturated carbocycles. The van der Waals surface area contributed by atoms with Gasteiger partial charge >= 0.3 is 0 Å². The van der Waals surface area contributed by atoms with Gasteiger partial charge in [-0.3, -0.25) is 14.3 Å². The van der Waals surface area contributed by atoms with Crippen LogP contribution in [0, 0.1) is 0 Å². The van der Waals surface area contributed by atoms with Gasteiger partial charge < -0.3 is 14.6 Å². The van der Waals surface area contributed by atoms with E-state index in [2.05, 4.69) is 10.4 Å². The molecule has 3 rings (SSSR count). The lowest BCUT2D eigenvalue weighted by Gasteiger charge is -2.16. The molecule has 0 spiro atoms. The van der Waals surface area contributed by atoms with Crippen LogP contribution >= 0.6 is 0 Å². The van der Waals surface area contributed by atoms with Gasteiger partial charge in [-0.15, -0.1) is 0 Å². The number of nitrogens with zero attached hydrogens (tertiary/aromatic N) is 3. The molecule has 2 amide bonds. The lowest BCUT2D eigenvalue weighted by Crippen LogP contribution is -2.29. The van der Waals surface area contributed by atoms with Gasteiger partial charge in [-0.25, -0.2) is 0 Å². The van der Waals surface area contributed by atoms with Crippen molar-refractivity contribution in [2.24, 2.45) is 0 Å². The number of hydrogen-bond acceptors (Lipinski definition) is 4. The first-order valence-corrected chi connectivity index (χ1v) is 7.73. The molecule has 0 bridgehead atoms. The zero-order chi connectivity index (χ0) is 16.2. The Hall–Kier alpha value is -2.57. The maximum absolute atomic E-state index is 12.3. The molecule has 2 aromatic heterocycles. The zero-order valence-corrected chi connectivity index (χ0v) is 13.1. The Labute approximate surface area is 134 Å². The van der Waals surface area contributed by atoms with Gasteiger partial charge in [-0.05, 0) is 24.5 Å². The Morgan fingerprint density at radius 3 is 3.04 bits per heavy atom. The Balaban J connectivity index is 1.52. The summed E-state index contributed by atoms with van der Waals surface area (Å²) in [4.78, 5) is 25.2. The molecule has 3 heterocycles. The van der Waals surface area contributed by atoms with E-state index in [-0.39, 0.29) is 17.9 Å². The molecule has 1 saturated heterocycles. The average molecular weight is 316 g/mol. The quantitative estimate of drug-likeness (QED) is 0.912. The van der Waals surface area contributed by atoms with Crippen molar-refractivity contribution in [3.8, 4) is 0 Å². The predicted octanol–water partition coefficient (Wildman–Crippen LogP) is 1.84. The SMILES string of the molecule is CC(=O)Nc1ccn([C@H]2CCN(C(=O)CCc3ccoc3)C2)n1. The number of hydrogen-bond donors (Lipinski definition) is 1. The summed E-state index contributed by atoms with van der Waals surface area (Å²) in [6, 6.07) is 3.81. The average Bonchev–Trinajstić information content (AvgIpc) is 3.24. The second-order valence-corrected chi connectivity index (χ2v) is 5.78. The molecule has 0 aromatic carbocycles. The molecular weight excluding hydrogens is 296 g/mol. The largest absolute Gasteiger partial charge is 0.472 e. The van der Waals surface area contributed by atoms with Gasteiger partial charge in [0.25, 0.3) is 0 Å². The summed E-state index contributed by atoms with van der Waals surface area (Å²) in [5.41, 5.74) is 1.04. The van der Waals surface area contributed by atoms with Crippen molar-refractivity contribution < 1.29 is 14.0 Å². The summed E-state index contributed by atoms with van der Waals surface area (Å²) >= 11 is 0. The maximum Gasteiger partial charge on any atom is 0.222 e. The first-order valence-electron chi connectivity index (χ1n) is 7.73. The van der Waals surface area contributed by atoms with Crippen molar-refractivity contribution in [2.45, 2.75) is 32.2 Å². The number of aryl methyl sites for hydroxylation is 1. The van der Waals surface area contributed by atoms with Gasteiger partial charge in [0.15, 0.2) is 5.82 Å². The van der Waals surface area contributed by atoms with Gasteiger partial charge in [0.1, 0.15) is 0 Å². The van der Waals surface area contributed by atoms with E-state index >= 15 is 0 Å². The second kappa shape index (κ2) is 6.68. The van der Waals surface area contributed by atoms with Crippen molar-refractivity contribution >= 4 is 17.6 Å². The van der Waals surface area contributed by atoms with E-state index in [1.54, 1.807) is 18.6 Å². The molecule has 0 aliphatic carbocycles. The third-order valence-corrected chi connectivity index (χ3v) is 4.01. The van der Waals surface area contributed by atoms with Crippen LogP contribution in [0.3, 0.4) is 0 Å². The number of amides is 2. The first-order chi connectivity index (χ1) is 11.1. The van der Waals surface area contributed by atoms with E-state index < -0.39 is 0 Å². The van der Waals surface area contributed by atoms with Crippen LogP contribution in [-0.4, -0.2) is 39.6 Å². The molecule has 1 aliphatic rings. The molecule has 7 nitrogen and oxygen atoms in total. The van der Waals surface area contributed by atoms with Crippen molar-refractivity contribution in [3.63, 3.8) is 0 Å². The van der Waals surface area contributed by atoms with Crippen molar-refractivity contribution in [2.75, 3.05) is 18.4 Å². The summed E-state index contributed by atoms with van der Waals surface area (Å²) in [5.74, 6) is 0.558. The van der Waals surface area contributed by atoms with Crippen LogP contribution in [0.1, 0.15) is 31.4 Å². The molecular formula is C16H20N4O3. The molecule has 1 fully saturated rings. The zero-order valence-electron chi connectivity index (χ0n) is 13.1. The number of likely N-dealkylation sites (tertiary alicyclic amines) is 1. The normalized spacial score (nSPS) is 17.4. The van der Waals surface area contributed by atoms with Crippen LogP contribution in [0.5, 0.6) is 0 Å². The van der Waals surface area contributed by atoms with E-state index in [4.69, 9.17) is 4.42 Å². The highest BCUT2D eigenvalue weighted by Crippen LogP contribution is 2.22. The third-order valence-electron chi connectivity index (χ3n) is 4.01. The molecule has 1 aliphatic heterocycles. The number of nitrogens with one attached hydrogen (secondary N) is 1. The Morgan fingerprint density at radius 1 is 1.43 bits per heavy atom. The van der Waals surface area contributed by atoms with Crippen LogP contribution in [0.25, 0.3) is 0 Å². The van der Waals surface area contributed by atoms with Crippen LogP contribution in [0.15, 0.2) is 35.3 Å². The van der Waals surface area contributed by atoms with E-state index in [1.165, 1.54) is 6.92 Å². The minimum atomic E-state index is -0.141. The predicted molar refractivity (Wildman–Crippen MR) is 83.8 cm³/mol. The van der Waals surface area contributed by atoms with Crippen LogP contribution in [0.2, 0.25) is 0 Å². The summed E-state index contributed by atoms with van der Waals surface area (Å²) in [7, 11) is 0. The fourth-order valence-electron chi connectivity index (χ4n) is 2.82. The van der Waals surface area contributed by atoms with E-state index in [0.29, 0.717) is 25.2 Å². The number of aromatic nitrogens is 2. The molecule has 23 heavy (non-hydrogen) atoms. The topological polar surface area (TPSA) is 80.4 Å². The summed E-state index contributed by atoms with van der Waals surface area (Å²) in [6.45, 7) is 2.85. The molecule has 0 unspecified atom stereocenters.